The molecule has 0 spiro atoms. The Balaban J connectivity index is 1.14. The molecule has 2 aromatic heterocycles. The van der Waals surface area contributed by atoms with Crippen LogP contribution in [0.25, 0.3) is 0 Å². The molecule has 5 N–H and O–H groups in total. The number of hydrogen-bond donors (Lipinski definition) is 4. The first-order valence-electron chi connectivity index (χ1n) is 13.6. The molecular weight excluding hydrogens is 543 g/mol. The number of rotatable bonds is 7. The molecule has 0 saturated heterocycles. The molecule has 41 heavy (non-hydrogen) atoms. The molecule has 3 unspecified atom stereocenters. The second-order valence-electron chi connectivity index (χ2n) is 10.7. The molecule has 1 aliphatic carbocycles. The highest BCUT2D eigenvalue weighted by atomic mass is 32.2. The van der Waals surface area contributed by atoms with Crippen molar-refractivity contribution in [2.75, 3.05) is 23.4 Å². The minimum Gasteiger partial charge on any atom is -0.385 e. The number of benzene rings is 2. The minimum absolute atomic E-state index is 0.118. The molecule has 3 atom stereocenters. The average Bonchev–Trinajstić information content (AvgIpc) is 3.27. The van der Waals surface area contributed by atoms with Gasteiger partial charge in [0.05, 0.1) is 4.90 Å². The van der Waals surface area contributed by atoms with Gasteiger partial charge in [0.25, 0.3) is 0 Å². The van der Waals surface area contributed by atoms with E-state index < -0.39 is 10.0 Å². The zero-order valence-corrected chi connectivity index (χ0v) is 23.7. The summed E-state index contributed by atoms with van der Waals surface area (Å²) in [7, 11) is -0.0443. The van der Waals surface area contributed by atoms with Crippen molar-refractivity contribution in [3.05, 3.63) is 83.9 Å². The predicted molar refractivity (Wildman–Crippen MR) is 157 cm³/mol. The lowest BCUT2D eigenvalue weighted by molar-refractivity contribution is 0.209. The van der Waals surface area contributed by atoms with Crippen LogP contribution >= 0.6 is 0 Å². The van der Waals surface area contributed by atoms with Gasteiger partial charge in [-0.2, -0.15) is 9.29 Å². The van der Waals surface area contributed by atoms with E-state index in [2.05, 4.69) is 30.5 Å². The third-order valence-electron chi connectivity index (χ3n) is 8.20. The molecule has 214 valence electrons. The minimum atomic E-state index is -3.71. The van der Waals surface area contributed by atoms with Gasteiger partial charge in [0.15, 0.2) is 0 Å². The second kappa shape index (κ2) is 10.8. The van der Waals surface area contributed by atoms with E-state index in [0.29, 0.717) is 29.2 Å². The number of halogens is 1. The number of fused-ring (bicyclic) bond motifs is 3. The third kappa shape index (κ3) is 5.37. The molecule has 0 radical (unpaired) electrons. The summed E-state index contributed by atoms with van der Waals surface area (Å²) in [5.41, 5.74) is 9.94. The van der Waals surface area contributed by atoms with Gasteiger partial charge >= 0.3 is 0 Å². The molecule has 0 bridgehead atoms. The summed E-state index contributed by atoms with van der Waals surface area (Å²) in [6, 6.07) is 16.5. The topological polar surface area (TPSA) is 130 Å². The van der Waals surface area contributed by atoms with Gasteiger partial charge in [-0.15, -0.1) is 0 Å². The van der Waals surface area contributed by atoms with Crippen LogP contribution in [0.1, 0.15) is 36.4 Å². The first kappa shape index (κ1) is 27.2. The Morgan fingerprint density at radius 3 is 2.51 bits per heavy atom. The van der Waals surface area contributed by atoms with E-state index in [-0.39, 0.29) is 22.7 Å². The van der Waals surface area contributed by atoms with Crippen molar-refractivity contribution in [3.8, 4) is 0 Å². The van der Waals surface area contributed by atoms with E-state index in [1.165, 1.54) is 27.7 Å². The van der Waals surface area contributed by atoms with Crippen molar-refractivity contribution in [1.82, 2.24) is 24.2 Å². The lowest BCUT2D eigenvalue weighted by Crippen LogP contribution is -2.49. The smallest absolute Gasteiger partial charge is 0.243 e. The van der Waals surface area contributed by atoms with Crippen molar-refractivity contribution >= 4 is 39.0 Å². The van der Waals surface area contributed by atoms with E-state index in [4.69, 9.17) is 5.73 Å². The number of anilines is 5. The second-order valence-corrected chi connectivity index (χ2v) is 12.7. The van der Waals surface area contributed by atoms with Crippen LogP contribution in [0.3, 0.4) is 0 Å². The molecule has 3 heterocycles. The van der Waals surface area contributed by atoms with Crippen LogP contribution in [0, 0.1) is 5.82 Å². The summed E-state index contributed by atoms with van der Waals surface area (Å²) in [6.07, 6.45) is 4.02. The SMILES string of the molecule is CN(C1CCC2NCc3cc(N)n(C)c3C2C1)S(=O)(=O)c1ccc(Nc2nccc(Nc3ccc(F)cc3)n2)cc1. The van der Waals surface area contributed by atoms with Crippen LogP contribution in [0.15, 0.2) is 71.8 Å². The Labute approximate surface area is 238 Å². The van der Waals surface area contributed by atoms with Gasteiger partial charge in [-0.3, -0.25) is 0 Å². The number of nitrogen functional groups attached to an aromatic ring is 1. The zero-order chi connectivity index (χ0) is 28.7. The fourth-order valence-electron chi connectivity index (χ4n) is 5.97. The monoisotopic (exact) mass is 576 g/mol. The first-order valence-corrected chi connectivity index (χ1v) is 15.0. The Morgan fingerprint density at radius 2 is 1.76 bits per heavy atom. The largest absolute Gasteiger partial charge is 0.385 e. The van der Waals surface area contributed by atoms with Crippen molar-refractivity contribution in [2.24, 2.45) is 7.05 Å². The maximum absolute atomic E-state index is 13.6. The van der Waals surface area contributed by atoms with Gasteiger partial charge in [0.1, 0.15) is 17.5 Å². The Hall–Kier alpha value is -4.00. The van der Waals surface area contributed by atoms with Gasteiger partial charge in [-0.25, -0.2) is 17.8 Å². The van der Waals surface area contributed by atoms with Crippen LogP contribution < -0.4 is 21.7 Å². The average molecular weight is 577 g/mol. The van der Waals surface area contributed by atoms with Crippen LogP contribution in [-0.2, 0) is 23.6 Å². The van der Waals surface area contributed by atoms with Gasteiger partial charge in [0, 0.05) is 61.9 Å². The van der Waals surface area contributed by atoms with Crippen LogP contribution in [-0.4, -0.2) is 46.4 Å². The molecule has 12 heteroatoms. The fourth-order valence-corrected chi connectivity index (χ4v) is 7.37. The number of nitrogens with one attached hydrogen (secondary N) is 3. The molecule has 0 amide bonds. The summed E-state index contributed by atoms with van der Waals surface area (Å²) in [5, 5.41) is 9.83. The molecule has 1 fully saturated rings. The summed E-state index contributed by atoms with van der Waals surface area (Å²) in [4.78, 5) is 8.91. The molecule has 2 aliphatic rings. The van der Waals surface area contributed by atoms with Gasteiger partial charge in [0.2, 0.25) is 16.0 Å². The normalized spacial score (nSPS) is 20.3. The van der Waals surface area contributed by atoms with E-state index >= 15 is 0 Å². The number of nitrogens with two attached hydrogens (primary N) is 1. The summed E-state index contributed by atoms with van der Waals surface area (Å²) >= 11 is 0. The maximum atomic E-state index is 13.6. The molecule has 1 saturated carbocycles. The molecule has 10 nitrogen and oxygen atoms in total. The highest BCUT2D eigenvalue weighted by Gasteiger charge is 2.41. The number of hydrogen-bond acceptors (Lipinski definition) is 8. The zero-order valence-electron chi connectivity index (χ0n) is 22.9. The van der Waals surface area contributed by atoms with Crippen LogP contribution in [0.2, 0.25) is 0 Å². The summed E-state index contributed by atoms with van der Waals surface area (Å²) < 4.78 is 44.0. The highest BCUT2D eigenvalue weighted by molar-refractivity contribution is 7.89. The van der Waals surface area contributed by atoms with Gasteiger partial charge < -0.3 is 26.3 Å². The summed E-state index contributed by atoms with van der Waals surface area (Å²) in [6.45, 7) is 0.792. The van der Waals surface area contributed by atoms with Crippen LogP contribution in [0.5, 0.6) is 0 Å². The van der Waals surface area contributed by atoms with Crippen molar-refractivity contribution in [2.45, 2.75) is 48.7 Å². The van der Waals surface area contributed by atoms with Crippen molar-refractivity contribution < 1.29 is 12.8 Å². The molecule has 1 aliphatic heterocycles. The predicted octanol–water partition coefficient (Wildman–Crippen LogP) is 4.45. The molecule has 6 rings (SSSR count). The van der Waals surface area contributed by atoms with E-state index in [0.717, 1.165) is 31.6 Å². The van der Waals surface area contributed by atoms with Gasteiger partial charge in [-0.1, -0.05) is 0 Å². The number of nitrogens with zero attached hydrogens (tertiary/aromatic N) is 4. The first-order chi connectivity index (χ1) is 19.7. The number of aromatic nitrogens is 3. The molecular formula is C29H33FN8O2S. The summed E-state index contributed by atoms with van der Waals surface area (Å²) in [5.74, 6) is 1.49. The standard InChI is InChI=1S/C29H33FN8O2S/c1-37-26(31)15-18-17-33-25-12-9-22(16-24(25)28(18)37)38(2)41(39,40)23-10-7-21(8-11-23)35-29-32-14-13-27(36-29)34-20-5-3-19(30)4-6-20/h3-8,10-11,13-15,22,24-25,33H,9,12,16-17,31H2,1-2H3,(H2,32,34,35,36). The lowest BCUT2D eigenvalue weighted by Gasteiger charge is -2.42. The van der Waals surface area contributed by atoms with Crippen LogP contribution in [0.4, 0.5) is 33.3 Å². The Kier molecular flexibility index (Phi) is 7.14. The maximum Gasteiger partial charge on any atom is 0.243 e. The van der Waals surface area contributed by atoms with Crippen molar-refractivity contribution in [1.29, 1.82) is 0 Å². The quantitative estimate of drug-likeness (QED) is 0.254. The highest BCUT2D eigenvalue weighted by Crippen LogP contribution is 2.41. The Bertz CT molecular complexity index is 1660. The fraction of sp³-hybridized carbons (Fsp3) is 0.310. The van der Waals surface area contributed by atoms with E-state index in [1.54, 1.807) is 55.7 Å². The Morgan fingerprint density at radius 1 is 1.05 bits per heavy atom. The number of sulfonamides is 1. The van der Waals surface area contributed by atoms with Gasteiger partial charge in [-0.05, 0) is 85.5 Å². The molecule has 2 aromatic carbocycles. The van der Waals surface area contributed by atoms with E-state index in [1.807, 2.05) is 13.1 Å². The third-order valence-corrected chi connectivity index (χ3v) is 10.1. The lowest BCUT2D eigenvalue weighted by atomic mass is 9.76. The molecule has 4 aromatic rings. The van der Waals surface area contributed by atoms with Crippen molar-refractivity contribution in [3.63, 3.8) is 0 Å². The van der Waals surface area contributed by atoms with E-state index in [9.17, 15) is 12.8 Å².